The molecule has 2 aromatic heterocycles. The number of pyridine rings is 1. The quantitative estimate of drug-likeness (QED) is 0.187. The molecule has 2 aromatic rings. The van der Waals surface area contributed by atoms with E-state index in [1.54, 1.807) is 31.4 Å². The average molecular weight is 478 g/mol. The van der Waals surface area contributed by atoms with Gasteiger partial charge in [-0.05, 0) is 30.2 Å². The molecule has 0 aliphatic heterocycles. The van der Waals surface area contributed by atoms with Crippen LogP contribution < -0.4 is 16.0 Å². The Balaban J connectivity index is 0.00000312. The van der Waals surface area contributed by atoms with Gasteiger partial charge in [0.2, 0.25) is 0 Å². The third kappa shape index (κ3) is 7.74. The van der Waals surface area contributed by atoms with Gasteiger partial charge in [0.25, 0.3) is 5.91 Å². The molecule has 7 nitrogen and oxygen atoms in total. The Bertz CT molecular complexity index is 662. The minimum atomic E-state index is -0.236. The highest BCUT2D eigenvalue weighted by atomic mass is 127. The van der Waals surface area contributed by atoms with Crippen LogP contribution in [0.15, 0.2) is 46.1 Å². The van der Waals surface area contributed by atoms with Crippen LogP contribution in [0.3, 0.4) is 0 Å². The predicted octanol–water partition coefficient (Wildman–Crippen LogP) is 2.08. The van der Waals surface area contributed by atoms with E-state index in [1.807, 2.05) is 6.07 Å². The standard InChI is InChI=1S/C16H20ClN5O2.HI/c1-18-16(20-7-6-12-4-5-14(17)22-11-12)21-9-8-19-15(23)13-3-2-10-24-13;/h2-5,10-11H,6-9H2,1H3,(H,19,23)(H2,18,20,21);1H. The summed E-state index contributed by atoms with van der Waals surface area (Å²) < 4.78 is 5.02. The van der Waals surface area contributed by atoms with Crippen LogP contribution in [0.1, 0.15) is 16.1 Å². The first-order chi connectivity index (χ1) is 11.7. The highest BCUT2D eigenvalue weighted by Crippen LogP contribution is 2.05. The molecule has 0 radical (unpaired) electrons. The van der Waals surface area contributed by atoms with Crippen LogP contribution in [0, 0.1) is 0 Å². The number of guanidine groups is 1. The number of aromatic nitrogens is 1. The SMILES string of the molecule is CN=C(NCCNC(=O)c1ccco1)NCCc1ccc(Cl)nc1.I. The molecule has 0 aliphatic rings. The van der Waals surface area contributed by atoms with Crippen molar-refractivity contribution in [2.24, 2.45) is 4.99 Å². The van der Waals surface area contributed by atoms with Crippen molar-refractivity contribution >= 4 is 47.4 Å². The van der Waals surface area contributed by atoms with Crippen molar-refractivity contribution in [2.45, 2.75) is 6.42 Å². The normalized spacial score (nSPS) is 10.7. The van der Waals surface area contributed by atoms with Gasteiger partial charge >= 0.3 is 0 Å². The first kappa shape index (κ1) is 21.2. The van der Waals surface area contributed by atoms with Gasteiger partial charge in [-0.15, -0.1) is 24.0 Å². The number of halogens is 2. The second kappa shape index (κ2) is 11.7. The van der Waals surface area contributed by atoms with E-state index in [1.165, 1.54) is 6.26 Å². The zero-order valence-corrected chi connectivity index (χ0v) is 16.9. The van der Waals surface area contributed by atoms with E-state index in [9.17, 15) is 4.79 Å². The Kier molecular flexibility index (Phi) is 9.93. The summed E-state index contributed by atoms with van der Waals surface area (Å²) in [5.41, 5.74) is 1.09. The Morgan fingerprint density at radius 2 is 1.96 bits per heavy atom. The van der Waals surface area contributed by atoms with E-state index in [0.29, 0.717) is 36.5 Å². The Labute approximate surface area is 168 Å². The van der Waals surface area contributed by atoms with Crippen LogP contribution >= 0.6 is 35.6 Å². The fraction of sp³-hybridized carbons (Fsp3) is 0.312. The van der Waals surface area contributed by atoms with Gasteiger partial charge in [-0.3, -0.25) is 9.79 Å². The van der Waals surface area contributed by atoms with Crippen molar-refractivity contribution in [1.82, 2.24) is 20.9 Å². The maximum absolute atomic E-state index is 11.7. The van der Waals surface area contributed by atoms with Crippen LogP contribution in [-0.2, 0) is 6.42 Å². The molecule has 0 fully saturated rings. The molecule has 2 rings (SSSR count). The van der Waals surface area contributed by atoms with Gasteiger partial charge in [0.1, 0.15) is 5.15 Å². The van der Waals surface area contributed by atoms with Crippen LogP contribution in [0.4, 0.5) is 0 Å². The molecule has 0 aromatic carbocycles. The predicted molar refractivity (Wildman–Crippen MR) is 109 cm³/mol. The number of aliphatic imine (C=N–C) groups is 1. The number of rotatable bonds is 7. The third-order valence-corrected chi connectivity index (χ3v) is 3.39. The third-order valence-electron chi connectivity index (χ3n) is 3.17. The van der Waals surface area contributed by atoms with Crippen molar-refractivity contribution in [1.29, 1.82) is 0 Å². The molecule has 0 spiro atoms. The van der Waals surface area contributed by atoms with Crippen molar-refractivity contribution in [3.05, 3.63) is 53.2 Å². The summed E-state index contributed by atoms with van der Waals surface area (Å²) in [6.45, 7) is 1.72. The maximum atomic E-state index is 11.7. The lowest BCUT2D eigenvalue weighted by molar-refractivity contribution is 0.0926. The van der Waals surface area contributed by atoms with Crippen molar-refractivity contribution in [3.8, 4) is 0 Å². The van der Waals surface area contributed by atoms with Gasteiger partial charge in [-0.25, -0.2) is 4.98 Å². The highest BCUT2D eigenvalue weighted by molar-refractivity contribution is 14.0. The average Bonchev–Trinajstić information content (AvgIpc) is 3.13. The lowest BCUT2D eigenvalue weighted by Crippen LogP contribution is -2.42. The number of carbonyl (C=O) groups excluding carboxylic acids is 1. The van der Waals surface area contributed by atoms with Crippen LogP contribution in [0.5, 0.6) is 0 Å². The summed E-state index contributed by atoms with van der Waals surface area (Å²) >= 11 is 5.75. The maximum Gasteiger partial charge on any atom is 0.287 e. The lowest BCUT2D eigenvalue weighted by atomic mass is 10.2. The molecule has 0 atom stereocenters. The topological polar surface area (TPSA) is 91.5 Å². The monoisotopic (exact) mass is 477 g/mol. The van der Waals surface area contributed by atoms with Crippen molar-refractivity contribution in [3.63, 3.8) is 0 Å². The first-order valence-corrected chi connectivity index (χ1v) is 7.93. The molecule has 0 bridgehead atoms. The second-order valence-corrected chi connectivity index (χ2v) is 5.29. The molecule has 2 heterocycles. The molecule has 136 valence electrons. The Hall–Kier alpha value is -1.81. The molecule has 0 aliphatic carbocycles. The number of amides is 1. The van der Waals surface area contributed by atoms with Gasteiger partial charge in [-0.2, -0.15) is 0 Å². The van der Waals surface area contributed by atoms with E-state index in [4.69, 9.17) is 16.0 Å². The summed E-state index contributed by atoms with van der Waals surface area (Å²) in [5.74, 6) is 0.734. The van der Waals surface area contributed by atoms with Crippen molar-refractivity contribution < 1.29 is 9.21 Å². The summed E-state index contributed by atoms with van der Waals surface area (Å²) in [6, 6.07) is 7.01. The fourth-order valence-electron chi connectivity index (χ4n) is 1.95. The van der Waals surface area contributed by atoms with E-state index in [-0.39, 0.29) is 29.9 Å². The smallest absolute Gasteiger partial charge is 0.287 e. The summed E-state index contributed by atoms with van der Waals surface area (Å²) in [7, 11) is 1.70. The largest absolute Gasteiger partial charge is 0.459 e. The van der Waals surface area contributed by atoms with Gasteiger partial charge < -0.3 is 20.4 Å². The van der Waals surface area contributed by atoms with Crippen LogP contribution in [0.2, 0.25) is 5.15 Å². The van der Waals surface area contributed by atoms with Gasteiger partial charge in [0, 0.05) is 32.9 Å². The number of nitrogens with one attached hydrogen (secondary N) is 3. The zero-order chi connectivity index (χ0) is 17.2. The number of furan rings is 1. The molecular formula is C16H21ClIN5O2. The number of nitrogens with zero attached hydrogens (tertiary/aromatic N) is 2. The van der Waals surface area contributed by atoms with Gasteiger partial charge in [0.15, 0.2) is 11.7 Å². The summed E-state index contributed by atoms with van der Waals surface area (Å²) in [6.07, 6.45) is 4.03. The molecular weight excluding hydrogens is 457 g/mol. The lowest BCUT2D eigenvalue weighted by Gasteiger charge is -2.12. The zero-order valence-electron chi connectivity index (χ0n) is 13.8. The van der Waals surface area contributed by atoms with E-state index in [0.717, 1.165) is 12.0 Å². The molecule has 0 saturated heterocycles. The Morgan fingerprint density at radius 1 is 1.20 bits per heavy atom. The molecule has 0 saturated carbocycles. The molecule has 3 N–H and O–H groups in total. The van der Waals surface area contributed by atoms with E-state index in [2.05, 4.69) is 25.9 Å². The first-order valence-electron chi connectivity index (χ1n) is 7.55. The van der Waals surface area contributed by atoms with Crippen LogP contribution in [-0.4, -0.2) is 43.5 Å². The molecule has 25 heavy (non-hydrogen) atoms. The molecule has 9 heteroatoms. The second-order valence-electron chi connectivity index (χ2n) is 4.90. The minimum absolute atomic E-state index is 0. The summed E-state index contributed by atoms with van der Waals surface area (Å²) in [5, 5.41) is 9.56. The number of hydrogen-bond donors (Lipinski definition) is 3. The fourth-order valence-corrected chi connectivity index (χ4v) is 2.06. The Morgan fingerprint density at radius 3 is 2.60 bits per heavy atom. The summed E-state index contributed by atoms with van der Waals surface area (Å²) in [4.78, 5) is 19.8. The van der Waals surface area contributed by atoms with Crippen molar-refractivity contribution in [2.75, 3.05) is 26.7 Å². The van der Waals surface area contributed by atoms with Gasteiger partial charge in [-0.1, -0.05) is 17.7 Å². The van der Waals surface area contributed by atoms with Crippen LogP contribution in [0.25, 0.3) is 0 Å². The number of hydrogen-bond acceptors (Lipinski definition) is 4. The van der Waals surface area contributed by atoms with E-state index >= 15 is 0 Å². The minimum Gasteiger partial charge on any atom is -0.459 e. The van der Waals surface area contributed by atoms with E-state index < -0.39 is 0 Å². The molecule has 1 amide bonds. The number of carbonyl (C=O) groups is 1. The van der Waals surface area contributed by atoms with Gasteiger partial charge in [0.05, 0.1) is 6.26 Å². The highest BCUT2D eigenvalue weighted by Gasteiger charge is 2.06. The molecule has 0 unspecified atom stereocenters.